The lowest BCUT2D eigenvalue weighted by Gasteiger charge is -2.39. The first-order chi connectivity index (χ1) is 11.4. The van der Waals surface area contributed by atoms with Crippen molar-refractivity contribution in [1.29, 1.82) is 0 Å². The van der Waals surface area contributed by atoms with Gasteiger partial charge in [0.05, 0.1) is 5.56 Å². The van der Waals surface area contributed by atoms with Crippen LogP contribution in [0, 0.1) is 16.7 Å². The maximum Gasteiger partial charge on any atom is 0.253 e. The lowest BCUT2D eigenvalue weighted by atomic mass is 9.69. The Bertz CT molecular complexity index is 750. The Morgan fingerprint density at radius 2 is 2.17 bits per heavy atom. The highest BCUT2D eigenvalue weighted by atomic mass is 16.1. The number of nitrogens with one attached hydrogen (secondary N) is 1. The van der Waals surface area contributed by atoms with Crippen molar-refractivity contribution in [3.63, 3.8) is 0 Å². The predicted octanol–water partition coefficient (Wildman–Crippen LogP) is 3.21. The van der Waals surface area contributed by atoms with E-state index in [1.165, 1.54) is 12.8 Å². The smallest absolute Gasteiger partial charge is 0.253 e. The van der Waals surface area contributed by atoms with E-state index in [1.807, 2.05) is 22.9 Å². The second-order valence-corrected chi connectivity index (χ2v) is 8.01. The van der Waals surface area contributed by atoms with E-state index in [-0.39, 0.29) is 17.4 Å². The van der Waals surface area contributed by atoms with Gasteiger partial charge in [0.15, 0.2) is 0 Å². The van der Waals surface area contributed by atoms with Crippen LogP contribution < -0.4 is 5.32 Å². The van der Waals surface area contributed by atoms with Crippen molar-refractivity contribution in [2.75, 3.05) is 0 Å². The molecule has 2 bridgehead atoms. The average Bonchev–Trinajstić information content (AvgIpc) is 3.22. The van der Waals surface area contributed by atoms with Crippen LogP contribution in [-0.2, 0) is 0 Å². The van der Waals surface area contributed by atoms with Gasteiger partial charge in [-0.1, -0.05) is 20.8 Å². The van der Waals surface area contributed by atoms with Gasteiger partial charge in [0.1, 0.15) is 12.1 Å². The lowest BCUT2D eigenvalue weighted by Crippen LogP contribution is -2.46. The summed E-state index contributed by atoms with van der Waals surface area (Å²) in [5.41, 5.74) is 1.11. The van der Waals surface area contributed by atoms with Gasteiger partial charge in [-0.2, -0.15) is 0 Å². The molecule has 1 N–H and O–H groups in total. The van der Waals surface area contributed by atoms with Crippen molar-refractivity contribution in [3.8, 4) is 5.82 Å². The van der Waals surface area contributed by atoms with E-state index in [2.05, 4.69) is 36.1 Å². The number of imidazole rings is 1. The van der Waals surface area contributed by atoms with Gasteiger partial charge in [0.2, 0.25) is 0 Å². The minimum absolute atomic E-state index is 0.0192. The molecule has 2 saturated carbocycles. The fourth-order valence-corrected chi connectivity index (χ4v) is 4.73. The Labute approximate surface area is 142 Å². The van der Waals surface area contributed by atoms with Gasteiger partial charge in [-0.3, -0.25) is 9.36 Å². The van der Waals surface area contributed by atoms with Crippen molar-refractivity contribution < 1.29 is 4.79 Å². The van der Waals surface area contributed by atoms with Crippen molar-refractivity contribution in [2.45, 2.75) is 46.1 Å². The van der Waals surface area contributed by atoms with Crippen molar-refractivity contribution in [3.05, 3.63) is 42.6 Å². The van der Waals surface area contributed by atoms with E-state index in [0.717, 1.165) is 18.2 Å². The predicted molar refractivity (Wildman–Crippen MR) is 91.8 cm³/mol. The highest BCUT2D eigenvalue weighted by molar-refractivity contribution is 5.94. The van der Waals surface area contributed by atoms with Crippen LogP contribution in [0.15, 0.2) is 37.1 Å². The number of rotatable bonds is 3. The molecular weight excluding hydrogens is 300 g/mol. The van der Waals surface area contributed by atoms with Crippen molar-refractivity contribution >= 4 is 5.91 Å². The van der Waals surface area contributed by atoms with Gasteiger partial charge in [-0.05, 0) is 48.1 Å². The minimum Gasteiger partial charge on any atom is -0.349 e. The summed E-state index contributed by atoms with van der Waals surface area (Å²) in [7, 11) is 0. The molecule has 0 spiro atoms. The summed E-state index contributed by atoms with van der Waals surface area (Å²) in [5.74, 6) is 1.46. The first-order valence-electron chi connectivity index (χ1n) is 8.67. The molecular formula is C19H24N4O. The van der Waals surface area contributed by atoms with Crippen LogP contribution >= 0.6 is 0 Å². The van der Waals surface area contributed by atoms with Crippen LogP contribution in [0.5, 0.6) is 0 Å². The largest absolute Gasteiger partial charge is 0.349 e. The molecule has 0 saturated heterocycles. The van der Waals surface area contributed by atoms with Gasteiger partial charge >= 0.3 is 0 Å². The Hall–Kier alpha value is -2.17. The van der Waals surface area contributed by atoms with Crippen LogP contribution in [-0.4, -0.2) is 26.5 Å². The summed E-state index contributed by atoms with van der Waals surface area (Å²) in [6.07, 6.45) is 10.5. The van der Waals surface area contributed by atoms with Gasteiger partial charge in [0, 0.05) is 24.6 Å². The highest BCUT2D eigenvalue weighted by Crippen LogP contribution is 2.65. The molecule has 2 aromatic rings. The van der Waals surface area contributed by atoms with E-state index in [4.69, 9.17) is 0 Å². The number of fused-ring (bicyclic) bond motifs is 2. The van der Waals surface area contributed by atoms with E-state index in [1.54, 1.807) is 18.7 Å². The molecule has 0 aliphatic heterocycles. The third kappa shape index (κ3) is 2.10. The number of aromatic nitrogens is 3. The van der Waals surface area contributed by atoms with Gasteiger partial charge in [0.25, 0.3) is 5.91 Å². The zero-order chi connectivity index (χ0) is 16.9. The normalized spacial score (nSPS) is 30.5. The first kappa shape index (κ1) is 15.4. The summed E-state index contributed by atoms with van der Waals surface area (Å²) < 4.78 is 1.82. The quantitative estimate of drug-likeness (QED) is 0.943. The topological polar surface area (TPSA) is 59.8 Å². The zero-order valence-electron chi connectivity index (χ0n) is 14.5. The first-order valence-corrected chi connectivity index (χ1v) is 8.67. The Balaban J connectivity index is 1.49. The third-order valence-electron chi connectivity index (χ3n) is 6.88. The molecule has 2 heterocycles. The monoisotopic (exact) mass is 324 g/mol. The van der Waals surface area contributed by atoms with Gasteiger partial charge in [-0.25, -0.2) is 9.97 Å². The maximum atomic E-state index is 12.7. The molecule has 2 aliphatic rings. The number of nitrogens with zero attached hydrogens (tertiary/aromatic N) is 3. The second-order valence-electron chi connectivity index (χ2n) is 8.01. The molecule has 5 heteroatoms. The number of carbonyl (C=O) groups is 1. The van der Waals surface area contributed by atoms with Crippen LogP contribution in [0.1, 0.15) is 50.4 Å². The maximum absolute atomic E-state index is 12.7. The van der Waals surface area contributed by atoms with Crippen molar-refractivity contribution in [1.82, 2.24) is 19.9 Å². The molecule has 1 amide bonds. The molecule has 0 radical (unpaired) electrons. The fourth-order valence-electron chi connectivity index (χ4n) is 4.73. The molecule has 2 aliphatic carbocycles. The van der Waals surface area contributed by atoms with Gasteiger partial charge < -0.3 is 5.32 Å². The summed E-state index contributed by atoms with van der Waals surface area (Å²) >= 11 is 0. The molecule has 0 unspecified atom stereocenters. The highest BCUT2D eigenvalue weighted by Gasteiger charge is 2.61. The van der Waals surface area contributed by atoms with Gasteiger partial charge in [-0.15, -0.1) is 0 Å². The minimum atomic E-state index is -0.0192. The summed E-state index contributed by atoms with van der Waals surface area (Å²) in [5, 5.41) is 3.28. The van der Waals surface area contributed by atoms with Crippen LogP contribution in [0.2, 0.25) is 0 Å². The van der Waals surface area contributed by atoms with E-state index >= 15 is 0 Å². The molecule has 5 nitrogen and oxygen atoms in total. The fraction of sp³-hybridized carbons (Fsp3) is 0.526. The molecule has 4 rings (SSSR count). The number of hydrogen-bond donors (Lipinski definition) is 1. The molecule has 2 fully saturated rings. The summed E-state index contributed by atoms with van der Waals surface area (Å²) in [6, 6.07) is 3.94. The van der Waals surface area contributed by atoms with Crippen LogP contribution in [0.4, 0.5) is 0 Å². The third-order valence-corrected chi connectivity index (χ3v) is 6.88. The molecule has 24 heavy (non-hydrogen) atoms. The zero-order valence-corrected chi connectivity index (χ0v) is 14.5. The number of hydrogen-bond acceptors (Lipinski definition) is 3. The Morgan fingerprint density at radius 1 is 1.33 bits per heavy atom. The Kier molecular flexibility index (Phi) is 3.31. The number of pyridine rings is 1. The Morgan fingerprint density at radius 3 is 2.71 bits per heavy atom. The standard InChI is InChI=1S/C19H24N4O/c1-18(2)14-6-7-19(18,3)15(10-14)22-17(24)13-4-5-16(21-11-13)23-9-8-20-12-23/h4-5,8-9,11-12,14-15H,6-7,10H2,1-3H3,(H,22,24)/t14-,15+,19+/m0/s1. The van der Waals surface area contributed by atoms with E-state index in [9.17, 15) is 4.79 Å². The summed E-state index contributed by atoms with van der Waals surface area (Å²) in [6.45, 7) is 7.06. The molecule has 126 valence electrons. The van der Waals surface area contributed by atoms with Crippen LogP contribution in [0.3, 0.4) is 0 Å². The summed E-state index contributed by atoms with van der Waals surface area (Å²) in [4.78, 5) is 21.0. The molecule has 3 atom stereocenters. The average molecular weight is 324 g/mol. The number of carbonyl (C=O) groups excluding carboxylic acids is 1. The van der Waals surface area contributed by atoms with E-state index in [0.29, 0.717) is 11.0 Å². The van der Waals surface area contributed by atoms with E-state index < -0.39 is 0 Å². The molecule has 0 aromatic carbocycles. The SMILES string of the molecule is CC1(C)[C@H]2CC[C@]1(C)[C@H](NC(=O)c1ccc(-n3ccnc3)nc1)C2. The lowest BCUT2D eigenvalue weighted by molar-refractivity contribution is 0.0826. The van der Waals surface area contributed by atoms with Crippen LogP contribution in [0.25, 0.3) is 5.82 Å². The van der Waals surface area contributed by atoms with Crippen molar-refractivity contribution in [2.24, 2.45) is 16.7 Å². The number of amides is 1. The molecule has 2 aromatic heterocycles. The second kappa shape index (κ2) is 5.16.